The lowest BCUT2D eigenvalue weighted by atomic mass is 10.00. The Hall–Kier alpha value is -0.980. The van der Waals surface area contributed by atoms with Gasteiger partial charge in [-0.1, -0.05) is 12.5 Å². The predicted molar refractivity (Wildman–Crippen MR) is 76.3 cm³/mol. The third-order valence-electron chi connectivity index (χ3n) is 3.78. The van der Waals surface area contributed by atoms with Crippen LogP contribution < -0.4 is 5.73 Å². The molecular weight excluding hydrogens is 279 g/mol. The van der Waals surface area contributed by atoms with Crippen molar-refractivity contribution in [2.75, 3.05) is 6.54 Å². The van der Waals surface area contributed by atoms with Crippen LogP contribution >= 0.6 is 0 Å². The van der Waals surface area contributed by atoms with E-state index in [2.05, 4.69) is 0 Å². The van der Waals surface area contributed by atoms with E-state index in [1.807, 2.05) is 0 Å². The lowest BCUT2D eigenvalue weighted by molar-refractivity contribution is 0.226. The van der Waals surface area contributed by atoms with Gasteiger partial charge in [0.2, 0.25) is 10.0 Å². The van der Waals surface area contributed by atoms with Crippen molar-refractivity contribution in [2.45, 2.75) is 50.1 Å². The fourth-order valence-electron chi connectivity index (χ4n) is 2.69. The van der Waals surface area contributed by atoms with Crippen LogP contribution in [0.15, 0.2) is 23.1 Å². The molecule has 1 saturated heterocycles. The second-order valence-electron chi connectivity index (χ2n) is 5.47. The molecule has 112 valence electrons. The van der Waals surface area contributed by atoms with E-state index < -0.39 is 15.8 Å². The molecular formula is C14H21FN2O2S. The summed E-state index contributed by atoms with van der Waals surface area (Å²) >= 11 is 0. The maximum absolute atomic E-state index is 13.9. The zero-order chi connectivity index (χ0) is 14.9. The predicted octanol–water partition coefficient (Wildman–Crippen LogP) is 2.02. The molecule has 2 rings (SSSR count). The number of piperidine rings is 1. The highest BCUT2D eigenvalue weighted by Gasteiger charge is 2.36. The highest BCUT2D eigenvalue weighted by atomic mass is 32.2. The molecule has 20 heavy (non-hydrogen) atoms. The van der Waals surface area contributed by atoms with Crippen molar-refractivity contribution >= 4 is 10.0 Å². The molecule has 1 aliphatic heterocycles. The summed E-state index contributed by atoms with van der Waals surface area (Å²) in [6.45, 7) is 3.95. The van der Waals surface area contributed by atoms with Gasteiger partial charge < -0.3 is 5.73 Å². The monoisotopic (exact) mass is 300 g/mol. The maximum Gasteiger partial charge on any atom is 0.246 e. The normalized spacial score (nSPS) is 22.7. The second-order valence-corrected chi connectivity index (χ2v) is 7.33. The molecule has 1 aromatic rings. The van der Waals surface area contributed by atoms with E-state index in [9.17, 15) is 12.8 Å². The SMILES string of the molecule is Cc1ccc(F)c(S(=O)(=O)N2CCCC[C@H]2[C@H](C)N)c1. The van der Waals surface area contributed by atoms with Crippen LogP contribution in [-0.2, 0) is 10.0 Å². The van der Waals surface area contributed by atoms with Gasteiger partial charge in [0.1, 0.15) is 10.7 Å². The molecule has 0 radical (unpaired) electrons. The van der Waals surface area contributed by atoms with Crippen molar-refractivity contribution in [3.63, 3.8) is 0 Å². The van der Waals surface area contributed by atoms with Gasteiger partial charge in [0.15, 0.2) is 0 Å². The zero-order valence-electron chi connectivity index (χ0n) is 11.8. The molecule has 0 amide bonds. The minimum atomic E-state index is -3.83. The van der Waals surface area contributed by atoms with Crippen LogP contribution in [0.1, 0.15) is 31.7 Å². The average molecular weight is 300 g/mol. The molecule has 0 saturated carbocycles. The molecule has 6 heteroatoms. The van der Waals surface area contributed by atoms with Crippen LogP contribution in [0.3, 0.4) is 0 Å². The molecule has 0 aromatic heterocycles. The number of aryl methyl sites for hydroxylation is 1. The minimum absolute atomic E-state index is 0.245. The summed E-state index contributed by atoms with van der Waals surface area (Å²) in [7, 11) is -3.83. The van der Waals surface area contributed by atoms with Crippen LogP contribution in [0.5, 0.6) is 0 Å². The van der Waals surface area contributed by atoms with E-state index >= 15 is 0 Å². The Morgan fingerprint density at radius 2 is 2.10 bits per heavy atom. The van der Waals surface area contributed by atoms with Crippen molar-refractivity contribution in [2.24, 2.45) is 5.73 Å². The van der Waals surface area contributed by atoms with Gasteiger partial charge in [0, 0.05) is 18.6 Å². The first kappa shape index (κ1) is 15.4. The van der Waals surface area contributed by atoms with Gasteiger partial charge in [0.05, 0.1) is 0 Å². The van der Waals surface area contributed by atoms with Gasteiger partial charge in [0.25, 0.3) is 0 Å². The van der Waals surface area contributed by atoms with Crippen LogP contribution in [-0.4, -0.2) is 31.4 Å². The summed E-state index contributed by atoms with van der Waals surface area (Å²) in [4.78, 5) is -0.245. The first-order chi connectivity index (χ1) is 9.34. The van der Waals surface area contributed by atoms with Crippen molar-refractivity contribution in [1.82, 2.24) is 4.31 Å². The van der Waals surface area contributed by atoms with E-state index in [1.54, 1.807) is 19.9 Å². The number of nitrogens with two attached hydrogens (primary N) is 1. The van der Waals surface area contributed by atoms with Gasteiger partial charge in [-0.05, 0) is 44.4 Å². The molecule has 2 N–H and O–H groups in total. The summed E-state index contributed by atoms with van der Waals surface area (Å²) in [5.41, 5.74) is 6.62. The summed E-state index contributed by atoms with van der Waals surface area (Å²) < 4.78 is 40.7. The average Bonchev–Trinajstić information content (AvgIpc) is 2.41. The first-order valence-corrected chi connectivity index (χ1v) is 8.31. The number of nitrogens with zero attached hydrogens (tertiary/aromatic N) is 1. The number of benzene rings is 1. The Balaban J connectivity index is 2.45. The number of hydrogen-bond donors (Lipinski definition) is 1. The molecule has 1 heterocycles. The number of halogens is 1. The van der Waals surface area contributed by atoms with Gasteiger partial charge in [-0.15, -0.1) is 0 Å². The van der Waals surface area contributed by atoms with Crippen LogP contribution in [0.2, 0.25) is 0 Å². The molecule has 1 aromatic carbocycles. The van der Waals surface area contributed by atoms with E-state index in [0.717, 1.165) is 24.8 Å². The van der Waals surface area contributed by atoms with E-state index in [1.165, 1.54) is 16.4 Å². The Bertz CT molecular complexity index is 587. The highest BCUT2D eigenvalue weighted by Crippen LogP contribution is 2.28. The molecule has 1 fully saturated rings. The van der Waals surface area contributed by atoms with Gasteiger partial charge in [-0.2, -0.15) is 4.31 Å². The third-order valence-corrected chi connectivity index (χ3v) is 5.72. The standard InChI is InChI=1S/C14H21FN2O2S/c1-10-6-7-12(15)14(9-10)20(18,19)17-8-4-3-5-13(17)11(2)16/h6-7,9,11,13H,3-5,8,16H2,1-2H3/t11-,13-/m0/s1. The quantitative estimate of drug-likeness (QED) is 0.929. The van der Waals surface area contributed by atoms with Gasteiger partial charge in [-0.25, -0.2) is 12.8 Å². The smallest absolute Gasteiger partial charge is 0.246 e. The molecule has 0 unspecified atom stereocenters. The molecule has 0 bridgehead atoms. The fraction of sp³-hybridized carbons (Fsp3) is 0.571. The minimum Gasteiger partial charge on any atom is -0.326 e. The number of rotatable bonds is 3. The zero-order valence-corrected chi connectivity index (χ0v) is 12.7. The van der Waals surface area contributed by atoms with Crippen LogP contribution in [0.25, 0.3) is 0 Å². The van der Waals surface area contributed by atoms with Crippen molar-refractivity contribution in [1.29, 1.82) is 0 Å². The highest BCUT2D eigenvalue weighted by molar-refractivity contribution is 7.89. The molecule has 2 atom stereocenters. The maximum atomic E-state index is 13.9. The lowest BCUT2D eigenvalue weighted by Gasteiger charge is -2.36. The van der Waals surface area contributed by atoms with Crippen LogP contribution in [0, 0.1) is 12.7 Å². The van der Waals surface area contributed by atoms with Crippen molar-refractivity contribution < 1.29 is 12.8 Å². The molecule has 0 spiro atoms. The number of hydrogen-bond acceptors (Lipinski definition) is 3. The summed E-state index contributed by atoms with van der Waals surface area (Å²) in [5.74, 6) is -0.704. The Kier molecular flexibility index (Phi) is 4.46. The Labute approximate surface area is 119 Å². The second kappa shape index (κ2) is 5.79. The summed E-state index contributed by atoms with van der Waals surface area (Å²) in [5, 5.41) is 0. The number of sulfonamides is 1. The summed E-state index contributed by atoms with van der Waals surface area (Å²) in [6.07, 6.45) is 2.47. The van der Waals surface area contributed by atoms with Crippen LogP contribution in [0.4, 0.5) is 4.39 Å². The van der Waals surface area contributed by atoms with E-state index in [0.29, 0.717) is 6.54 Å². The van der Waals surface area contributed by atoms with E-state index in [4.69, 9.17) is 5.73 Å². The largest absolute Gasteiger partial charge is 0.326 e. The van der Waals surface area contributed by atoms with Crippen molar-refractivity contribution in [3.05, 3.63) is 29.6 Å². The summed E-state index contributed by atoms with van der Waals surface area (Å²) in [6, 6.07) is 3.63. The Morgan fingerprint density at radius 1 is 1.40 bits per heavy atom. The first-order valence-electron chi connectivity index (χ1n) is 6.87. The molecule has 1 aliphatic rings. The topological polar surface area (TPSA) is 63.4 Å². The fourth-order valence-corrected chi connectivity index (χ4v) is 4.61. The van der Waals surface area contributed by atoms with Crippen molar-refractivity contribution in [3.8, 4) is 0 Å². The Morgan fingerprint density at radius 3 is 2.75 bits per heavy atom. The van der Waals surface area contributed by atoms with Gasteiger partial charge in [-0.3, -0.25) is 0 Å². The lowest BCUT2D eigenvalue weighted by Crippen LogP contribution is -2.51. The third kappa shape index (κ3) is 2.87. The molecule has 0 aliphatic carbocycles. The van der Waals surface area contributed by atoms with E-state index in [-0.39, 0.29) is 17.0 Å². The van der Waals surface area contributed by atoms with Gasteiger partial charge >= 0.3 is 0 Å². The molecule has 4 nitrogen and oxygen atoms in total.